The van der Waals surface area contributed by atoms with Gasteiger partial charge in [0.05, 0.1) is 0 Å². The van der Waals surface area contributed by atoms with Crippen molar-refractivity contribution >= 4 is 12.0 Å². The maximum atomic E-state index is 12.3. The van der Waals surface area contributed by atoms with Crippen LogP contribution >= 0.6 is 0 Å². The molecule has 0 aromatic heterocycles. The molecule has 2 aliphatic heterocycles. The topological polar surface area (TPSA) is 20.3 Å². The first kappa shape index (κ1) is 12.5. The molecule has 0 spiro atoms. The molecule has 3 aliphatic rings. The molecule has 1 amide bonds. The van der Waals surface area contributed by atoms with Crippen LogP contribution in [0.4, 0.5) is 0 Å². The molecule has 2 heteroatoms. The first-order valence-corrected chi connectivity index (χ1v) is 7.33. The van der Waals surface area contributed by atoms with Crippen LogP contribution in [0.2, 0.25) is 0 Å². The van der Waals surface area contributed by atoms with Crippen molar-refractivity contribution in [3.8, 4) is 0 Å². The molecule has 2 bridgehead atoms. The number of carbonyl (C=O) groups excluding carboxylic acids is 1. The number of carbonyl (C=O) groups is 1. The Morgan fingerprint density at radius 1 is 1.00 bits per heavy atom. The number of rotatable bonds is 2. The minimum absolute atomic E-state index is 0.183. The second kappa shape index (κ2) is 5.60. The fourth-order valence-corrected chi connectivity index (χ4v) is 3.31. The summed E-state index contributed by atoms with van der Waals surface area (Å²) in [4.78, 5) is 14.3. The van der Waals surface area contributed by atoms with Gasteiger partial charge < -0.3 is 4.90 Å². The summed E-state index contributed by atoms with van der Waals surface area (Å²) in [5.41, 5.74) is 1.09. The van der Waals surface area contributed by atoms with E-state index in [1.54, 1.807) is 6.08 Å². The van der Waals surface area contributed by atoms with Gasteiger partial charge in [0.2, 0.25) is 5.91 Å². The third-order valence-corrected chi connectivity index (χ3v) is 4.45. The van der Waals surface area contributed by atoms with Gasteiger partial charge in [-0.25, -0.2) is 0 Å². The van der Waals surface area contributed by atoms with E-state index in [2.05, 4.69) is 4.90 Å². The van der Waals surface area contributed by atoms with E-state index in [4.69, 9.17) is 0 Å². The van der Waals surface area contributed by atoms with Crippen LogP contribution in [0, 0.1) is 11.8 Å². The van der Waals surface area contributed by atoms with Crippen LogP contribution in [0.5, 0.6) is 0 Å². The highest BCUT2D eigenvalue weighted by Gasteiger charge is 2.30. The van der Waals surface area contributed by atoms with Gasteiger partial charge in [-0.1, -0.05) is 30.3 Å². The maximum absolute atomic E-state index is 12.3. The summed E-state index contributed by atoms with van der Waals surface area (Å²) in [6, 6.07) is 10.0. The molecular weight excluding hydrogens is 234 g/mol. The Hall–Kier alpha value is -1.57. The van der Waals surface area contributed by atoms with Crippen LogP contribution < -0.4 is 0 Å². The Bertz CT molecular complexity index is 443. The van der Waals surface area contributed by atoms with Gasteiger partial charge in [-0.15, -0.1) is 0 Å². The lowest BCUT2D eigenvalue weighted by molar-refractivity contribution is -0.126. The van der Waals surface area contributed by atoms with Crippen molar-refractivity contribution in [1.29, 1.82) is 0 Å². The van der Waals surface area contributed by atoms with Crippen molar-refractivity contribution in [2.45, 2.75) is 25.7 Å². The second-order valence-corrected chi connectivity index (χ2v) is 5.87. The Morgan fingerprint density at radius 3 is 2.16 bits per heavy atom. The lowest BCUT2D eigenvalue weighted by Gasteiger charge is -2.20. The fraction of sp³-hybridized carbons (Fsp3) is 0.471. The van der Waals surface area contributed by atoms with Crippen molar-refractivity contribution in [2.75, 3.05) is 13.1 Å². The third-order valence-electron chi connectivity index (χ3n) is 4.45. The van der Waals surface area contributed by atoms with Crippen LogP contribution in [0.1, 0.15) is 31.2 Å². The van der Waals surface area contributed by atoms with Crippen molar-refractivity contribution in [3.05, 3.63) is 42.0 Å². The summed E-state index contributed by atoms with van der Waals surface area (Å²) in [5.74, 6) is 1.67. The monoisotopic (exact) mass is 255 g/mol. The summed E-state index contributed by atoms with van der Waals surface area (Å²) >= 11 is 0. The van der Waals surface area contributed by atoms with Gasteiger partial charge in [0.1, 0.15) is 0 Å². The molecule has 1 aromatic rings. The predicted molar refractivity (Wildman–Crippen MR) is 77.5 cm³/mol. The minimum Gasteiger partial charge on any atom is -0.339 e. The normalized spacial score (nSPS) is 26.6. The molecule has 1 aromatic carbocycles. The Labute approximate surface area is 115 Å². The molecule has 0 radical (unpaired) electrons. The number of hydrogen-bond donors (Lipinski definition) is 0. The lowest BCUT2D eigenvalue weighted by atomic mass is 9.84. The zero-order valence-electron chi connectivity index (χ0n) is 11.3. The predicted octanol–water partition coefficient (Wildman–Crippen LogP) is 3.35. The van der Waals surface area contributed by atoms with Gasteiger partial charge in [-0.2, -0.15) is 0 Å². The van der Waals surface area contributed by atoms with Crippen molar-refractivity contribution in [1.82, 2.24) is 4.90 Å². The molecule has 4 rings (SSSR count). The van der Waals surface area contributed by atoms with Crippen LogP contribution in [-0.2, 0) is 4.79 Å². The number of nitrogens with zero attached hydrogens (tertiary/aromatic N) is 1. The summed E-state index contributed by atoms with van der Waals surface area (Å²) in [7, 11) is 0. The molecule has 19 heavy (non-hydrogen) atoms. The van der Waals surface area contributed by atoms with Gasteiger partial charge >= 0.3 is 0 Å². The molecule has 0 N–H and O–H groups in total. The molecule has 1 saturated carbocycles. The maximum Gasteiger partial charge on any atom is 0.246 e. The van der Waals surface area contributed by atoms with E-state index >= 15 is 0 Å². The molecule has 100 valence electrons. The second-order valence-electron chi connectivity index (χ2n) is 5.87. The first-order valence-electron chi connectivity index (χ1n) is 7.33. The first-order chi connectivity index (χ1) is 9.31. The fourth-order valence-electron chi connectivity index (χ4n) is 3.31. The highest BCUT2D eigenvalue weighted by Crippen LogP contribution is 2.33. The van der Waals surface area contributed by atoms with Crippen LogP contribution in [0.3, 0.4) is 0 Å². The van der Waals surface area contributed by atoms with E-state index in [9.17, 15) is 4.79 Å². The molecule has 2 heterocycles. The van der Waals surface area contributed by atoms with E-state index in [1.165, 1.54) is 25.7 Å². The standard InChI is InChI=1S/C17H21NO/c19-17(11-10-14-4-2-1-3-5-14)18-12-15-6-7-16(13-18)9-8-15/h1-5,10-11,15-16H,6-9,12-13H2. The zero-order chi connectivity index (χ0) is 13.1. The van der Waals surface area contributed by atoms with E-state index in [0.717, 1.165) is 30.5 Å². The van der Waals surface area contributed by atoms with Gasteiger partial charge in [-0.3, -0.25) is 4.79 Å². The highest BCUT2D eigenvalue weighted by atomic mass is 16.2. The van der Waals surface area contributed by atoms with Gasteiger partial charge in [-0.05, 0) is 49.2 Å². The SMILES string of the molecule is O=C(C=Cc1ccccc1)N1CC2CCC(CC2)C1. The van der Waals surface area contributed by atoms with Crippen LogP contribution in [-0.4, -0.2) is 23.9 Å². The largest absolute Gasteiger partial charge is 0.339 e. The smallest absolute Gasteiger partial charge is 0.246 e. The van der Waals surface area contributed by atoms with Gasteiger partial charge in [0, 0.05) is 19.2 Å². The van der Waals surface area contributed by atoms with Crippen molar-refractivity contribution in [3.63, 3.8) is 0 Å². The average molecular weight is 255 g/mol. The van der Waals surface area contributed by atoms with E-state index in [1.807, 2.05) is 36.4 Å². The van der Waals surface area contributed by atoms with Crippen molar-refractivity contribution in [2.24, 2.45) is 11.8 Å². The number of fused-ring (bicyclic) bond motifs is 4. The lowest BCUT2D eigenvalue weighted by Crippen LogP contribution is -2.33. The van der Waals surface area contributed by atoms with E-state index in [0.29, 0.717) is 0 Å². The summed E-state index contributed by atoms with van der Waals surface area (Å²) in [6.45, 7) is 1.93. The Morgan fingerprint density at radius 2 is 1.58 bits per heavy atom. The molecule has 0 unspecified atom stereocenters. The number of benzene rings is 1. The highest BCUT2D eigenvalue weighted by molar-refractivity contribution is 5.91. The summed E-state index contributed by atoms with van der Waals surface area (Å²) in [6.07, 6.45) is 8.93. The molecule has 2 nitrogen and oxygen atoms in total. The van der Waals surface area contributed by atoms with E-state index in [-0.39, 0.29) is 5.91 Å². The van der Waals surface area contributed by atoms with Crippen LogP contribution in [0.25, 0.3) is 6.08 Å². The average Bonchev–Trinajstić information content (AvgIpc) is 2.79. The van der Waals surface area contributed by atoms with Gasteiger partial charge in [0.25, 0.3) is 0 Å². The summed E-state index contributed by atoms with van der Waals surface area (Å²) in [5, 5.41) is 0. The van der Waals surface area contributed by atoms with Gasteiger partial charge in [0.15, 0.2) is 0 Å². The summed E-state index contributed by atoms with van der Waals surface area (Å²) < 4.78 is 0. The molecule has 1 aliphatic carbocycles. The quantitative estimate of drug-likeness (QED) is 0.742. The minimum atomic E-state index is 0.183. The number of hydrogen-bond acceptors (Lipinski definition) is 1. The molecule has 2 saturated heterocycles. The van der Waals surface area contributed by atoms with Crippen LogP contribution in [0.15, 0.2) is 36.4 Å². The molecule has 3 fully saturated rings. The zero-order valence-corrected chi connectivity index (χ0v) is 11.3. The Balaban J connectivity index is 1.65. The molecular formula is C17H21NO. The van der Waals surface area contributed by atoms with Crippen molar-refractivity contribution < 1.29 is 4.79 Å². The molecule has 0 atom stereocenters. The van der Waals surface area contributed by atoms with E-state index < -0.39 is 0 Å². The third kappa shape index (κ3) is 3.06. The number of amides is 1. The Kier molecular flexibility index (Phi) is 3.67.